The minimum Gasteiger partial charge on any atom is -0.346 e. The van der Waals surface area contributed by atoms with Crippen LogP contribution in [0, 0.1) is 15.9 Å². The summed E-state index contributed by atoms with van der Waals surface area (Å²) in [5, 5.41) is 13.9. The maximum atomic E-state index is 13.2. The molecule has 0 aliphatic heterocycles. The molecule has 2 rings (SSSR count). The van der Waals surface area contributed by atoms with Gasteiger partial charge >= 0.3 is 0 Å². The Morgan fingerprint density at radius 1 is 1.42 bits per heavy atom. The van der Waals surface area contributed by atoms with Gasteiger partial charge in [-0.05, 0) is 31.3 Å². The largest absolute Gasteiger partial charge is 0.346 e. The van der Waals surface area contributed by atoms with E-state index in [9.17, 15) is 14.5 Å². The summed E-state index contributed by atoms with van der Waals surface area (Å²) in [4.78, 5) is 10.4. The van der Waals surface area contributed by atoms with E-state index in [1.165, 1.54) is 12.1 Å². The van der Waals surface area contributed by atoms with Crippen LogP contribution in [0.5, 0.6) is 0 Å². The Morgan fingerprint density at radius 3 is 2.89 bits per heavy atom. The number of hydrogen-bond acceptors (Lipinski definition) is 3. The predicted molar refractivity (Wildman–Crippen MR) is 69.4 cm³/mol. The summed E-state index contributed by atoms with van der Waals surface area (Å²) in [6, 6.07) is 7.29. The second kappa shape index (κ2) is 5.62. The molecule has 5 nitrogen and oxygen atoms in total. The normalized spacial score (nSPS) is 10.6. The lowest BCUT2D eigenvalue weighted by Crippen LogP contribution is -2.12. The molecule has 0 amide bonds. The van der Waals surface area contributed by atoms with Gasteiger partial charge in [0.1, 0.15) is 5.82 Å². The van der Waals surface area contributed by atoms with Crippen LogP contribution >= 0.6 is 0 Å². The molecule has 0 unspecified atom stereocenters. The zero-order valence-electron chi connectivity index (χ0n) is 10.5. The van der Waals surface area contributed by atoms with E-state index in [0.717, 1.165) is 11.8 Å². The molecule has 6 heteroatoms. The van der Waals surface area contributed by atoms with Crippen LogP contribution in [0.4, 0.5) is 10.1 Å². The summed E-state index contributed by atoms with van der Waals surface area (Å²) in [6.45, 7) is 0.925. The quantitative estimate of drug-likeness (QED) is 0.665. The van der Waals surface area contributed by atoms with E-state index in [1.54, 1.807) is 0 Å². The molecular weight excluding hydrogens is 249 g/mol. The molecule has 1 aromatic carbocycles. The van der Waals surface area contributed by atoms with Gasteiger partial charge in [-0.3, -0.25) is 10.1 Å². The van der Waals surface area contributed by atoms with Crippen molar-refractivity contribution in [2.24, 2.45) is 0 Å². The first-order chi connectivity index (χ1) is 9.11. The van der Waals surface area contributed by atoms with Crippen molar-refractivity contribution in [2.75, 3.05) is 7.05 Å². The van der Waals surface area contributed by atoms with Crippen molar-refractivity contribution in [2.45, 2.75) is 13.1 Å². The van der Waals surface area contributed by atoms with E-state index < -0.39 is 10.7 Å². The summed E-state index contributed by atoms with van der Waals surface area (Å²) >= 11 is 0. The Bertz CT molecular complexity index is 595. The van der Waals surface area contributed by atoms with Crippen LogP contribution in [-0.4, -0.2) is 16.5 Å². The number of nitrogens with one attached hydrogen (secondary N) is 1. The van der Waals surface area contributed by atoms with Gasteiger partial charge in [-0.15, -0.1) is 0 Å². The molecule has 2 aromatic rings. The van der Waals surface area contributed by atoms with Crippen LogP contribution in [0.2, 0.25) is 0 Å². The Hall–Kier alpha value is -2.21. The number of halogens is 1. The zero-order chi connectivity index (χ0) is 13.8. The number of rotatable bonds is 5. The lowest BCUT2D eigenvalue weighted by Gasteiger charge is -2.09. The van der Waals surface area contributed by atoms with Gasteiger partial charge in [-0.1, -0.05) is 0 Å². The minimum atomic E-state index is -0.490. The summed E-state index contributed by atoms with van der Waals surface area (Å²) < 4.78 is 15.1. The zero-order valence-corrected chi connectivity index (χ0v) is 10.5. The van der Waals surface area contributed by atoms with Crippen molar-refractivity contribution >= 4 is 5.69 Å². The second-order valence-corrected chi connectivity index (χ2v) is 4.19. The van der Waals surface area contributed by atoms with Crippen LogP contribution in [0.25, 0.3) is 0 Å². The summed E-state index contributed by atoms with van der Waals surface area (Å²) in [6.07, 6.45) is 1.82. The van der Waals surface area contributed by atoms with Crippen molar-refractivity contribution in [3.05, 3.63) is 63.7 Å². The maximum absolute atomic E-state index is 13.2. The van der Waals surface area contributed by atoms with Gasteiger partial charge in [-0.2, -0.15) is 0 Å². The number of nitro groups is 1. The third kappa shape index (κ3) is 2.97. The smallest absolute Gasteiger partial charge is 0.274 e. The second-order valence-electron chi connectivity index (χ2n) is 4.19. The molecule has 0 bridgehead atoms. The Balaban J connectivity index is 2.34. The Morgan fingerprint density at radius 2 is 2.21 bits per heavy atom. The number of nitrogens with zero attached hydrogens (tertiary/aromatic N) is 2. The van der Waals surface area contributed by atoms with Crippen LogP contribution in [-0.2, 0) is 13.1 Å². The highest BCUT2D eigenvalue weighted by Gasteiger charge is 2.15. The Kier molecular flexibility index (Phi) is 3.91. The Labute approximate surface area is 109 Å². The predicted octanol–water partition coefficient (Wildman–Crippen LogP) is 2.30. The van der Waals surface area contributed by atoms with Crippen molar-refractivity contribution in [3.63, 3.8) is 0 Å². The molecule has 1 N–H and O–H groups in total. The van der Waals surface area contributed by atoms with Gasteiger partial charge in [0.25, 0.3) is 5.69 Å². The van der Waals surface area contributed by atoms with E-state index in [0.29, 0.717) is 12.1 Å². The third-order valence-electron chi connectivity index (χ3n) is 2.86. The molecule has 0 aliphatic carbocycles. The van der Waals surface area contributed by atoms with Gasteiger partial charge in [0.2, 0.25) is 0 Å². The highest BCUT2D eigenvalue weighted by molar-refractivity contribution is 5.40. The molecule has 0 radical (unpaired) electrons. The SMILES string of the molecule is CNCc1cccn1Cc1cc(F)ccc1[N+](=O)[O-]. The average molecular weight is 263 g/mol. The van der Waals surface area contributed by atoms with E-state index >= 15 is 0 Å². The highest BCUT2D eigenvalue weighted by Crippen LogP contribution is 2.21. The molecule has 1 heterocycles. The molecule has 0 spiro atoms. The monoisotopic (exact) mass is 263 g/mol. The molecule has 0 saturated carbocycles. The van der Waals surface area contributed by atoms with Gasteiger partial charge in [0.05, 0.1) is 17.0 Å². The fourth-order valence-electron chi connectivity index (χ4n) is 1.99. The first-order valence-electron chi connectivity index (χ1n) is 5.83. The fourth-order valence-corrected chi connectivity index (χ4v) is 1.99. The standard InChI is InChI=1S/C13H14FN3O2/c1-15-8-12-3-2-6-16(12)9-10-7-11(14)4-5-13(10)17(18)19/h2-7,15H,8-9H2,1H3. The highest BCUT2D eigenvalue weighted by atomic mass is 19.1. The van der Waals surface area contributed by atoms with E-state index in [2.05, 4.69) is 5.32 Å². The van der Waals surface area contributed by atoms with Crippen LogP contribution in [0.1, 0.15) is 11.3 Å². The van der Waals surface area contributed by atoms with Crippen LogP contribution in [0.3, 0.4) is 0 Å². The minimum absolute atomic E-state index is 0.0643. The molecule has 19 heavy (non-hydrogen) atoms. The van der Waals surface area contributed by atoms with Gasteiger partial charge in [0.15, 0.2) is 0 Å². The van der Waals surface area contributed by atoms with Gasteiger partial charge in [-0.25, -0.2) is 4.39 Å². The first kappa shape index (κ1) is 13.2. The maximum Gasteiger partial charge on any atom is 0.274 e. The fraction of sp³-hybridized carbons (Fsp3) is 0.231. The third-order valence-corrected chi connectivity index (χ3v) is 2.86. The molecular formula is C13H14FN3O2. The average Bonchev–Trinajstić information content (AvgIpc) is 2.77. The number of hydrogen-bond donors (Lipinski definition) is 1. The summed E-state index contributed by atoms with van der Waals surface area (Å²) in [5.41, 5.74) is 1.28. The summed E-state index contributed by atoms with van der Waals surface area (Å²) in [7, 11) is 1.82. The van der Waals surface area contributed by atoms with E-state index in [4.69, 9.17) is 0 Å². The lowest BCUT2D eigenvalue weighted by molar-refractivity contribution is -0.385. The van der Waals surface area contributed by atoms with Gasteiger partial charge < -0.3 is 9.88 Å². The number of aromatic nitrogens is 1. The van der Waals surface area contributed by atoms with Crippen molar-refractivity contribution < 1.29 is 9.31 Å². The van der Waals surface area contributed by atoms with E-state index in [1.807, 2.05) is 29.9 Å². The van der Waals surface area contributed by atoms with Crippen molar-refractivity contribution in [1.29, 1.82) is 0 Å². The van der Waals surface area contributed by atoms with Gasteiger partial charge in [0, 0.05) is 24.5 Å². The molecule has 100 valence electrons. The van der Waals surface area contributed by atoms with E-state index in [-0.39, 0.29) is 12.2 Å². The molecule has 1 aromatic heterocycles. The first-order valence-corrected chi connectivity index (χ1v) is 5.83. The molecule has 0 fully saturated rings. The molecule has 0 saturated heterocycles. The van der Waals surface area contributed by atoms with Crippen LogP contribution < -0.4 is 5.32 Å². The van der Waals surface area contributed by atoms with Crippen LogP contribution in [0.15, 0.2) is 36.5 Å². The topological polar surface area (TPSA) is 60.1 Å². The summed E-state index contributed by atoms with van der Waals surface area (Å²) in [5.74, 6) is -0.470. The molecule has 0 atom stereocenters. The lowest BCUT2D eigenvalue weighted by atomic mass is 10.1. The van der Waals surface area contributed by atoms with Crippen molar-refractivity contribution in [1.82, 2.24) is 9.88 Å². The number of benzene rings is 1. The number of nitro benzene ring substituents is 1. The molecule has 0 aliphatic rings. The van der Waals surface area contributed by atoms with Crippen molar-refractivity contribution in [3.8, 4) is 0 Å².